The summed E-state index contributed by atoms with van der Waals surface area (Å²) in [6.07, 6.45) is 4.17. The van der Waals surface area contributed by atoms with Crippen LogP contribution in [0.3, 0.4) is 0 Å². The molecule has 12 heavy (non-hydrogen) atoms. The van der Waals surface area contributed by atoms with Gasteiger partial charge in [0.2, 0.25) is 5.91 Å². The lowest BCUT2D eigenvalue weighted by Gasteiger charge is -2.30. The number of nitrogens with zero attached hydrogens (tertiary/aromatic N) is 1. The molecule has 0 aromatic rings. The first-order valence-corrected chi connectivity index (χ1v) is 5.15. The van der Waals surface area contributed by atoms with Crippen LogP contribution in [0.15, 0.2) is 0 Å². The van der Waals surface area contributed by atoms with Crippen molar-refractivity contribution in [2.45, 2.75) is 32.6 Å². The molecule has 1 saturated heterocycles. The number of piperidine rings is 1. The van der Waals surface area contributed by atoms with Gasteiger partial charge < -0.3 is 4.90 Å². The Morgan fingerprint density at radius 2 is 2.42 bits per heavy atom. The van der Waals surface area contributed by atoms with Crippen molar-refractivity contribution >= 4 is 17.5 Å². The molecule has 0 bridgehead atoms. The second kappa shape index (κ2) is 4.70. The molecule has 2 nitrogen and oxygen atoms in total. The monoisotopic (exact) mass is 189 g/mol. The average Bonchev–Trinajstić information content (AvgIpc) is 2.09. The van der Waals surface area contributed by atoms with E-state index in [2.05, 4.69) is 6.92 Å². The number of alkyl halides is 1. The van der Waals surface area contributed by atoms with Crippen molar-refractivity contribution in [3.05, 3.63) is 0 Å². The van der Waals surface area contributed by atoms with Crippen LogP contribution >= 0.6 is 11.6 Å². The number of carbonyl (C=O) groups is 1. The molecule has 1 fully saturated rings. The molecule has 1 rings (SSSR count). The topological polar surface area (TPSA) is 20.3 Å². The third-order valence-corrected chi connectivity index (χ3v) is 2.73. The Labute approximate surface area is 78.9 Å². The number of hydrogen-bond donors (Lipinski definition) is 0. The summed E-state index contributed by atoms with van der Waals surface area (Å²) in [5, 5.41) is 0. The van der Waals surface area contributed by atoms with Crippen LogP contribution in [0.25, 0.3) is 0 Å². The molecule has 1 amide bonds. The lowest BCUT2D eigenvalue weighted by molar-refractivity contribution is -0.133. The first kappa shape index (κ1) is 9.85. The maximum Gasteiger partial charge on any atom is 0.223 e. The van der Waals surface area contributed by atoms with E-state index in [-0.39, 0.29) is 5.91 Å². The van der Waals surface area contributed by atoms with Crippen LogP contribution in [0.1, 0.15) is 32.6 Å². The van der Waals surface area contributed by atoms with E-state index in [1.807, 2.05) is 0 Å². The smallest absolute Gasteiger partial charge is 0.223 e. The second-order valence-electron chi connectivity index (χ2n) is 3.43. The van der Waals surface area contributed by atoms with Gasteiger partial charge >= 0.3 is 0 Å². The number of rotatable bonds is 3. The average molecular weight is 190 g/mol. The number of carbonyl (C=O) groups excluding carboxylic acids is 1. The normalized spacial score (nSPS) is 24.7. The minimum atomic E-state index is 0.220. The van der Waals surface area contributed by atoms with Gasteiger partial charge in [0.05, 0.1) is 6.00 Å². The zero-order chi connectivity index (χ0) is 8.97. The van der Waals surface area contributed by atoms with Gasteiger partial charge in [0.25, 0.3) is 0 Å². The number of hydrogen-bond acceptors (Lipinski definition) is 1. The van der Waals surface area contributed by atoms with Crippen LogP contribution in [0, 0.1) is 5.92 Å². The maximum absolute atomic E-state index is 11.2. The Kier molecular flexibility index (Phi) is 3.86. The van der Waals surface area contributed by atoms with E-state index >= 15 is 0 Å². The van der Waals surface area contributed by atoms with Crippen LogP contribution in [-0.4, -0.2) is 23.4 Å². The van der Waals surface area contributed by atoms with Crippen molar-refractivity contribution < 1.29 is 4.79 Å². The van der Waals surface area contributed by atoms with Gasteiger partial charge in [-0.2, -0.15) is 0 Å². The van der Waals surface area contributed by atoms with E-state index in [1.54, 1.807) is 4.90 Å². The van der Waals surface area contributed by atoms with Gasteiger partial charge in [-0.1, -0.05) is 13.3 Å². The Morgan fingerprint density at radius 3 is 3.00 bits per heavy atom. The van der Waals surface area contributed by atoms with E-state index in [4.69, 9.17) is 11.6 Å². The minimum Gasteiger partial charge on any atom is -0.329 e. The molecular formula is C9H16ClNO. The molecule has 70 valence electrons. The highest BCUT2D eigenvalue weighted by molar-refractivity contribution is 6.18. The maximum atomic E-state index is 11.2. The molecule has 0 saturated carbocycles. The van der Waals surface area contributed by atoms with Gasteiger partial charge in [0.1, 0.15) is 0 Å². The molecule has 1 aliphatic heterocycles. The first-order chi connectivity index (χ1) is 5.77. The molecular weight excluding hydrogens is 174 g/mol. The molecule has 1 aliphatic rings. The summed E-state index contributed by atoms with van der Waals surface area (Å²) >= 11 is 5.65. The summed E-state index contributed by atoms with van der Waals surface area (Å²) in [6, 6.07) is 0.360. The fraction of sp³-hybridized carbons (Fsp3) is 0.889. The van der Waals surface area contributed by atoms with Crippen LogP contribution in [-0.2, 0) is 4.79 Å². The predicted molar refractivity (Wildman–Crippen MR) is 50.1 cm³/mol. The summed E-state index contributed by atoms with van der Waals surface area (Å²) in [6.45, 7) is 3.05. The molecule has 3 heteroatoms. The first-order valence-electron chi connectivity index (χ1n) is 4.61. The summed E-state index contributed by atoms with van der Waals surface area (Å²) in [4.78, 5) is 13.0. The zero-order valence-electron chi connectivity index (χ0n) is 7.55. The van der Waals surface area contributed by atoms with Crippen molar-refractivity contribution in [3.8, 4) is 0 Å². The molecule has 0 N–H and O–H groups in total. The third kappa shape index (κ3) is 2.37. The highest BCUT2D eigenvalue weighted by Gasteiger charge is 2.23. The van der Waals surface area contributed by atoms with Gasteiger partial charge in [0, 0.05) is 13.0 Å². The quantitative estimate of drug-likeness (QED) is 0.493. The fourth-order valence-corrected chi connectivity index (χ4v) is 1.98. The van der Waals surface area contributed by atoms with E-state index in [9.17, 15) is 4.79 Å². The number of likely N-dealkylation sites (tertiary alicyclic amines) is 1. The third-order valence-electron chi connectivity index (χ3n) is 2.44. The summed E-state index contributed by atoms with van der Waals surface area (Å²) in [5.41, 5.74) is 0. The Balaban J connectivity index is 2.38. The van der Waals surface area contributed by atoms with Crippen LogP contribution in [0.4, 0.5) is 0 Å². The Bertz CT molecular complexity index is 161. The van der Waals surface area contributed by atoms with Crippen molar-refractivity contribution in [1.29, 1.82) is 0 Å². The lowest BCUT2D eigenvalue weighted by Crippen LogP contribution is -2.38. The molecule has 0 aliphatic carbocycles. The van der Waals surface area contributed by atoms with Gasteiger partial charge in [-0.3, -0.25) is 4.79 Å². The van der Waals surface area contributed by atoms with Crippen molar-refractivity contribution in [3.63, 3.8) is 0 Å². The minimum absolute atomic E-state index is 0.220. The van der Waals surface area contributed by atoms with E-state index < -0.39 is 0 Å². The molecule has 0 aromatic carbocycles. The van der Waals surface area contributed by atoms with E-state index in [0.29, 0.717) is 18.3 Å². The number of halogens is 1. The standard InChI is InChI=1S/C9H16ClNO/c1-2-3-8-4-5-9(12)11(6-8)7-10/h8H,2-7H2,1H3. The molecule has 0 radical (unpaired) electrons. The van der Waals surface area contributed by atoms with Gasteiger partial charge in [0.15, 0.2) is 0 Å². The van der Waals surface area contributed by atoms with Gasteiger partial charge in [-0.15, -0.1) is 11.6 Å². The van der Waals surface area contributed by atoms with Crippen molar-refractivity contribution in [2.24, 2.45) is 5.92 Å². The SMILES string of the molecule is CCCC1CCC(=O)N(CCl)C1. The summed E-state index contributed by atoms with van der Waals surface area (Å²) in [5.74, 6) is 0.906. The predicted octanol–water partition coefficient (Wildman–Crippen LogP) is 2.22. The van der Waals surface area contributed by atoms with Gasteiger partial charge in [-0.05, 0) is 18.8 Å². The second-order valence-corrected chi connectivity index (χ2v) is 3.67. The number of amides is 1. The Hall–Kier alpha value is -0.240. The van der Waals surface area contributed by atoms with E-state index in [1.165, 1.54) is 12.8 Å². The van der Waals surface area contributed by atoms with Gasteiger partial charge in [-0.25, -0.2) is 0 Å². The van der Waals surface area contributed by atoms with E-state index in [0.717, 1.165) is 13.0 Å². The lowest BCUT2D eigenvalue weighted by atomic mass is 9.94. The van der Waals surface area contributed by atoms with Crippen molar-refractivity contribution in [1.82, 2.24) is 4.90 Å². The molecule has 0 aromatic heterocycles. The summed E-state index contributed by atoms with van der Waals surface area (Å²) in [7, 11) is 0. The van der Waals surface area contributed by atoms with Crippen LogP contribution < -0.4 is 0 Å². The highest BCUT2D eigenvalue weighted by Crippen LogP contribution is 2.21. The molecule has 0 spiro atoms. The van der Waals surface area contributed by atoms with Crippen LogP contribution in [0.2, 0.25) is 0 Å². The fourth-order valence-electron chi connectivity index (χ4n) is 1.75. The summed E-state index contributed by atoms with van der Waals surface area (Å²) < 4.78 is 0. The Morgan fingerprint density at radius 1 is 1.67 bits per heavy atom. The molecule has 1 heterocycles. The highest BCUT2D eigenvalue weighted by atomic mass is 35.5. The zero-order valence-corrected chi connectivity index (χ0v) is 8.31. The van der Waals surface area contributed by atoms with Crippen molar-refractivity contribution in [2.75, 3.05) is 12.5 Å². The molecule has 1 atom stereocenters. The largest absolute Gasteiger partial charge is 0.329 e. The van der Waals surface area contributed by atoms with Crippen LogP contribution in [0.5, 0.6) is 0 Å². The molecule has 1 unspecified atom stereocenters.